The molecule has 0 spiro atoms. The molecule has 1 amide bonds. The average Bonchev–Trinajstić information content (AvgIpc) is 3.05. The summed E-state index contributed by atoms with van der Waals surface area (Å²) in [7, 11) is 3.74. The number of hydrogen-bond acceptors (Lipinski definition) is 5. The molecule has 1 aliphatic heterocycles. The summed E-state index contributed by atoms with van der Waals surface area (Å²) < 4.78 is 1.78. The van der Waals surface area contributed by atoms with E-state index < -0.39 is 0 Å². The molecule has 7 nitrogen and oxygen atoms in total. The van der Waals surface area contributed by atoms with Crippen LogP contribution in [0.25, 0.3) is 11.0 Å². The smallest absolute Gasteiger partial charge is 0.222 e. The molecule has 1 aliphatic rings. The summed E-state index contributed by atoms with van der Waals surface area (Å²) in [6, 6.07) is 10.6. The van der Waals surface area contributed by atoms with Gasteiger partial charge in [-0.1, -0.05) is 30.3 Å². The molecule has 7 heteroatoms. The lowest BCUT2D eigenvalue weighted by Crippen LogP contribution is -2.43. The normalized spacial score (nSPS) is 17.5. The second-order valence-corrected chi connectivity index (χ2v) is 7.13. The number of likely N-dealkylation sites (N-methyl/N-ethyl adjacent to an activating group) is 1. The van der Waals surface area contributed by atoms with E-state index in [1.54, 1.807) is 15.8 Å². The zero-order chi connectivity index (χ0) is 18.8. The van der Waals surface area contributed by atoms with E-state index in [2.05, 4.69) is 22.5 Å². The van der Waals surface area contributed by atoms with Crippen molar-refractivity contribution in [1.82, 2.24) is 24.6 Å². The fourth-order valence-corrected chi connectivity index (χ4v) is 3.51. The van der Waals surface area contributed by atoms with Crippen molar-refractivity contribution < 1.29 is 4.79 Å². The molecule has 1 fully saturated rings. The van der Waals surface area contributed by atoms with Crippen molar-refractivity contribution in [3.63, 3.8) is 0 Å². The summed E-state index contributed by atoms with van der Waals surface area (Å²) in [5.41, 5.74) is 2.10. The first kappa shape index (κ1) is 17.5. The van der Waals surface area contributed by atoms with Crippen molar-refractivity contribution in [2.75, 3.05) is 18.9 Å². The number of carbonyl (C=O) groups is 1. The first-order valence-corrected chi connectivity index (χ1v) is 9.33. The molecule has 2 aromatic heterocycles. The minimum atomic E-state index is 0.188. The summed E-state index contributed by atoms with van der Waals surface area (Å²) >= 11 is 0. The summed E-state index contributed by atoms with van der Waals surface area (Å²) in [5.74, 6) is 1.81. The monoisotopic (exact) mass is 364 g/mol. The number of hydrogen-bond donors (Lipinski definition) is 1. The minimum Gasteiger partial charge on any atom is -0.365 e. The van der Waals surface area contributed by atoms with Gasteiger partial charge in [0.25, 0.3) is 0 Å². The zero-order valence-electron chi connectivity index (χ0n) is 15.7. The van der Waals surface area contributed by atoms with E-state index in [0.717, 1.165) is 41.9 Å². The number of carbonyl (C=O) groups excluding carboxylic acids is 1. The molecule has 1 N–H and O–H groups in total. The van der Waals surface area contributed by atoms with Crippen LogP contribution in [-0.4, -0.2) is 50.2 Å². The summed E-state index contributed by atoms with van der Waals surface area (Å²) in [5, 5.41) is 8.79. The predicted octanol–water partition coefficient (Wildman–Crippen LogP) is 2.18. The minimum absolute atomic E-state index is 0.188. The standard InChI is InChI=1S/C20H24N6O/c1-25-13-15(9-11-18(25)27)22-19-16-12-21-26(2)20(16)24-17(23-19)10-8-14-6-4-3-5-7-14/h3-7,12,15H,8-11,13H2,1-2H3,(H,22,23,24). The Kier molecular flexibility index (Phi) is 4.75. The summed E-state index contributed by atoms with van der Waals surface area (Å²) in [4.78, 5) is 23.0. The number of rotatable bonds is 5. The Hall–Kier alpha value is -2.96. The number of amides is 1. The van der Waals surface area contributed by atoms with Gasteiger partial charge in [0.15, 0.2) is 5.65 Å². The number of nitrogens with one attached hydrogen (secondary N) is 1. The topological polar surface area (TPSA) is 75.9 Å². The van der Waals surface area contributed by atoms with Gasteiger partial charge in [0.05, 0.1) is 11.6 Å². The molecule has 27 heavy (non-hydrogen) atoms. The van der Waals surface area contributed by atoms with Crippen LogP contribution in [0.15, 0.2) is 36.5 Å². The van der Waals surface area contributed by atoms with Gasteiger partial charge >= 0.3 is 0 Å². The number of benzene rings is 1. The number of aryl methyl sites for hydroxylation is 3. The Morgan fingerprint density at radius 1 is 1.15 bits per heavy atom. The third kappa shape index (κ3) is 3.77. The molecule has 0 aliphatic carbocycles. The lowest BCUT2D eigenvalue weighted by atomic mass is 10.1. The van der Waals surface area contributed by atoms with Gasteiger partial charge in [-0.3, -0.25) is 9.48 Å². The highest BCUT2D eigenvalue weighted by Crippen LogP contribution is 2.23. The SMILES string of the molecule is CN1CC(Nc2nc(CCc3ccccc3)nc3c2cnn3C)CCC1=O. The van der Waals surface area contributed by atoms with Crippen LogP contribution in [0.4, 0.5) is 5.82 Å². The second kappa shape index (κ2) is 7.34. The molecule has 3 aromatic rings. The van der Waals surface area contributed by atoms with Gasteiger partial charge in [-0.25, -0.2) is 9.97 Å². The highest BCUT2D eigenvalue weighted by atomic mass is 16.2. The summed E-state index contributed by atoms with van der Waals surface area (Å²) in [6.07, 6.45) is 4.84. The first-order valence-electron chi connectivity index (χ1n) is 9.33. The van der Waals surface area contributed by atoms with E-state index in [0.29, 0.717) is 13.0 Å². The van der Waals surface area contributed by atoms with Crippen molar-refractivity contribution in [3.8, 4) is 0 Å². The van der Waals surface area contributed by atoms with E-state index in [1.807, 2.05) is 32.3 Å². The van der Waals surface area contributed by atoms with Crippen molar-refractivity contribution >= 4 is 22.8 Å². The van der Waals surface area contributed by atoms with Crippen LogP contribution in [0.1, 0.15) is 24.2 Å². The lowest BCUT2D eigenvalue weighted by Gasteiger charge is -2.30. The maximum atomic E-state index is 11.7. The van der Waals surface area contributed by atoms with Gasteiger partial charge in [0, 0.05) is 39.5 Å². The maximum Gasteiger partial charge on any atom is 0.222 e. The molecule has 4 rings (SSSR count). The van der Waals surface area contributed by atoms with E-state index in [-0.39, 0.29) is 11.9 Å². The predicted molar refractivity (Wildman–Crippen MR) is 104 cm³/mol. The van der Waals surface area contributed by atoms with Gasteiger partial charge < -0.3 is 10.2 Å². The number of piperidine rings is 1. The van der Waals surface area contributed by atoms with Crippen LogP contribution in [0.2, 0.25) is 0 Å². The molecule has 1 atom stereocenters. The number of fused-ring (bicyclic) bond motifs is 1. The lowest BCUT2D eigenvalue weighted by molar-refractivity contribution is -0.132. The molecular weight excluding hydrogens is 340 g/mol. The van der Waals surface area contributed by atoms with Crippen LogP contribution in [-0.2, 0) is 24.7 Å². The van der Waals surface area contributed by atoms with Gasteiger partial charge in [-0.2, -0.15) is 5.10 Å². The van der Waals surface area contributed by atoms with Crippen molar-refractivity contribution in [2.45, 2.75) is 31.7 Å². The van der Waals surface area contributed by atoms with E-state index in [9.17, 15) is 4.79 Å². The van der Waals surface area contributed by atoms with Gasteiger partial charge in [0.2, 0.25) is 5.91 Å². The van der Waals surface area contributed by atoms with Crippen molar-refractivity contribution in [3.05, 3.63) is 47.9 Å². The molecule has 0 saturated carbocycles. The zero-order valence-corrected chi connectivity index (χ0v) is 15.7. The number of likely N-dealkylation sites (tertiary alicyclic amines) is 1. The highest BCUT2D eigenvalue weighted by Gasteiger charge is 2.24. The number of aromatic nitrogens is 4. The van der Waals surface area contributed by atoms with E-state index in [1.165, 1.54) is 5.56 Å². The highest BCUT2D eigenvalue weighted by molar-refractivity contribution is 5.86. The average molecular weight is 364 g/mol. The van der Waals surface area contributed by atoms with Crippen LogP contribution in [0.3, 0.4) is 0 Å². The van der Waals surface area contributed by atoms with Gasteiger partial charge in [-0.15, -0.1) is 0 Å². The Bertz CT molecular complexity index is 952. The molecule has 3 heterocycles. The van der Waals surface area contributed by atoms with Crippen LogP contribution in [0.5, 0.6) is 0 Å². The largest absolute Gasteiger partial charge is 0.365 e. The first-order chi connectivity index (χ1) is 13.1. The molecular formula is C20H24N6O. The van der Waals surface area contributed by atoms with E-state index >= 15 is 0 Å². The molecule has 1 unspecified atom stereocenters. The van der Waals surface area contributed by atoms with Gasteiger partial charge in [0.1, 0.15) is 11.6 Å². The fourth-order valence-electron chi connectivity index (χ4n) is 3.51. The Balaban J connectivity index is 1.58. The molecule has 0 bridgehead atoms. The Morgan fingerprint density at radius 2 is 1.96 bits per heavy atom. The van der Waals surface area contributed by atoms with E-state index in [4.69, 9.17) is 9.97 Å². The fraction of sp³-hybridized carbons (Fsp3) is 0.400. The number of anilines is 1. The summed E-state index contributed by atoms with van der Waals surface area (Å²) in [6.45, 7) is 0.684. The molecule has 1 saturated heterocycles. The molecule has 140 valence electrons. The van der Waals surface area contributed by atoms with Crippen LogP contribution < -0.4 is 5.32 Å². The third-order valence-corrected chi connectivity index (χ3v) is 5.09. The molecule has 1 aromatic carbocycles. The van der Waals surface area contributed by atoms with Crippen LogP contribution >= 0.6 is 0 Å². The molecule has 0 radical (unpaired) electrons. The number of nitrogens with zero attached hydrogens (tertiary/aromatic N) is 5. The van der Waals surface area contributed by atoms with Gasteiger partial charge in [-0.05, 0) is 18.4 Å². The van der Waals surface area contributed by atoms with Crippen molar-refractivity contribution in [2.24, 2.45) is 7.05 Å². The Labute approximate surface area is 158 Å². The third-order valence-electron chi connectivity index (χ3n) is 5.09. The van der Waals surface area contributed by atoms with Crippen LogP contribution in [0, 0.1) is 0 Å². The quantitative estimate of drug-likeness (QED) is 0.751. The maximum absolute atomic E-state index is 11.7. The Morgan fingerprint density at radius 3 is 2.74 bits per heavy atom. The van der Waals surface area contributed by atoms with Crippen molar-refractivity contribution in [1.29, 1.82) is 0 Å². The second-order valence-electron chi connectivity index (χ2n) is 7.13.